The molecule has 12 heteroatoms. The molecule has 0 heterocycles. The van der Waals surface area contributed by atoms with Gasteiger partial charge in [-0.2, -0.15) is 0 Å². The summed E-state index contributed by atoms with van der Waals surface area (Å²) in [7, 11) is -2.26. The number of non-ortho nitro benzene ring substituents is 1. The molecule has 0 atom stereocenters. The SMILES string of the molecule is CCNC(=NCc1cccc(OC)c1)NCCNS(=O)(=O)c1cccc([N+](=O)[O-])c1.I. The number of guanidine groups is 1. The lowest BCUT2D eigenvalue weighted by molar-refractivity contribution is -0.385. The Morgan fingerprint density at radius 3 is 2.55 bits per heavy atom. The van der Waals surface area contributed by atoms with Crippen LogP contribution < -0.4 is 20.1 Å². The molecule has 2 rings (SSSR count). The van der Waals surface area contributed by atoms with Crippen molar-refractivity contribution in [2.75, 3.05) is 26.7 Å². The molecule has 0 bridgehead atoms. The van der Waals surface area contributed by atoms with Crippen molar-refractivity contribution in [2.24, 2.45) is 4.99 Å². The van der Waals surface area contributed by atoms with Crippen LogP contribution in [0.25, 0.3) is 0 Å². The molecule has 0 aliphatic carbocycles. The van der Waals surface area contributed by atoms with E-state index >= 15 is 0 Å². The van der Waals surface area contributed by atoms with E-state index in [1.165, 1.54) is 18.2 Å². The van der Waals surface area contributed by atoms with Gasteiger partial charge < -0.3 is 15.4 Å². The first-order valence-corrected chi connectivity index (χ1v) is 10.7. The summed E-state index contributed by atoms with van der Waals surface area (Å²) in [6.45, 7) is 3.34. The van der Waals surface area contributed by atoms with Crippen LogP contribution in [-0.2, 0) is 16.6 Å². The average molecular weight is 563 g/mol. The van der Waals surface area contributed by atoms with Gasteiger partial charge >= 0.3 is 0 Å². The zero-order valence-corrected chi connectivity index (χ0v) is 20.3. The maximum atomic E-state index is 12.3. The van der Waals surface area contributed by atoms with E-state index in [9.17, 15) is 18.5 Å². The number of hydrogen-bond acceptors (Lipinski definition) is 6. The summed E-state index contributed by atoms with van der Waals surface area (Å²) >= 11 is 0. The van der Waals surface area contributed by atoms with E-state index in [1.807, 2.05) is 31.2 Å². The fraction of sp³-hybridized carbons (Fsp3) is 0.316. The third-order valence-electron chi connectivity index (χ3n) is 3.95. The number of aliphatic imine (C=N–C) groups is 1. The summed E-state index contributed by atoms with van der Waals surface area (Å²) in [5.74, 6) is 1.28. The molecule has 31 heavy (non-hydrogen) atoms. The zero-order chi connectivity index (χ0) is 22.0. The highest BCUT2D eigenvalue weighted by Gasteiger charge is 2.17. The van der Waals surface area contributed by atoms with Crippen LogP contribution in [0.1, 0.15) is 12.5 Å². The Morgan fingerprint density at radius 2 is 1.87 bits per heavy atom. The molecule has 0 amide bonds. The van der Waals surface area contributed by atoms with E-state index in [1.54, 1.807) is 7.11 Å². The van der Waals surface area contributed by atoms with Crippen LogP contribution in [0.15, 0.2) is 58.4 Å². The van der Waals surface area contributed by atoms with Gasteiger partial charge in [-0.15, -0.1) is 24.0 Å². The van der Waals surface area contributed by atoms with Gasteiger partial charge in [-0.05, 0) is 30.7 Å². The second kappa shape index (κ2) is 13.1. The van der Waals surface area contributed by atoms with E-state index in [2.05, 4.69) is 20.3 Å². The van der Waals surface area contributed by atoms with Crippen molar-refractivity contribution < 1.29 is 18.1 Å². The Hall–Kier alpha value is -2.45. The smallest absolute Gasteiger partial charge is 0.270 e. The normalized spacial score (nSPS) is 11.4. The molecule has 3 N–H and O–H groups in total. The number of nitrogens with one attached hydrogen (secondary N) is 3. The lowest BCUT2D eigenvalue weighted by atomic mass is 10.2. The lowest BCUT2D eigenvalue weighted by Crippen LogP contribution is -2.41. The Morgan fingerprint density at radius 1 is 1.13 bits per heavy atom. The molecule has 0 aliphatic rings. The van der Waals surface area contributed by atoms with Gasteiger partial charge in [0.25, 0.3) is 5.69 Å². The summed E-state index contributed by atoms with van der Waals surface area (Å²) < 4.78 is 32.3. The number of nitro benzene ring substituents is 1. The number of ether oxygens (including phenoxy) is 1. The van der Waals surface area contributed by atoms with Crippen LogP contribution in [-0.4, -0.2) is 46.0 Å². The van der Waals surface area contributed by atoms with Gasteiger partial charge in [0.2, 0.25) is 10.0 Å². The zero-order valence-electron chi connectivity index (χ0n) is 17.2. The van der Waals surface area contributed by atoms with E-state index in [0.717, 1.165) is 17.4 Å². The van der Waals surface area contributed by atoms with Crippen molar-refractivity contribution >= 4 is 45.6 Å². The molecule has 0 aromatic heterocycles. The number of nitrogens with zero attached hydrogens (tertiary/aromatic N) is 2. The van der Waals surface area contributed by atoms with Crippen LogP contribution in [0.5, 0.6) is 5.75 Å². The van der Waals surface area contributed by atoms with E-state index in [-0.39, 0.29) is 47.6 Å². The molecular formula is C19H26IN5O5S. The predicted molar refractivity (Wildman–Crippen MR) is 130 cm³/mol. The van der Waals surface area contributed by atoms with Crippen LogP contribution in [0.2, 0.25) is 0 Å². The second-order valence-electron chi connectivity index (χ2n) is 6.13. The number of hydrogen-bond donors (Lipinski definition) is 3. The quantitative estimate of drug-likeness (QED) is 0.101. The van der Waals surface area contributed by atoms with Crippen LogP contribution in [0.4, 0.5) is 5.69 Å². The maximum Gasteiger partial charge on any atom is 0.270 e. The maximum absolute atomic E-state index is 12.3. The van der Waals surface area contributed by atoms with Crippen molar-refractivity contribution in [2.45, 2.75) is 18.4 Å². The molecule has 0 saturated carbocycles. The summed E-state index contributed by atoms with van der Waals surface area (Å²) in [5, 5.41) is 17.0. The van der Waals surface area contributed by atoms with Crippen LogP contribution in [0.3, 0.4) is 0 Å². The molecule has 2 aromatic rings. The first kappa shape index (κ1) is 26.6. The van der Waals surface area contributed by atoms with Gasteiger partial charge in [0.05, 0.1) is 23.5 Å². The van der Waals surface area contributed by atoms with E-state index in [4.69, 9.17) is 4.74 Å². The number of methoxy groups -OCH3 is 1. The van der Waals surface area contributed by atoms with Gasteiger partial charge in [-0.1, -0.05) is 18.2 Å². The Balaban J connectivity index is 0.00000480. The fourth-order valence-corrected chi connectivity index (χ4v) is 3.57. The molecule has 0 radical (unpaired) electrons. The molecule has 0 spiro atoms. The standard InChI is InChI=1S/C19H25N5O5S.HI/c1-3-20-19(22-14-15-6-4-8-17(12-15)29-2)21-10-11-23-30(27,28)18-9-5-7-16(13-18)24(25)26;/h4-9,12-13,23H,3,10-11,14H2,1-2H3,(H2,20,21,22);1H. The largest absolute Gasteiger partial charge is 0.497 e. The van der Waals surface area contributed by atoms with Gasteiger partial charge in [-0.3, -0.25) is 10.1 Å². The number of benzene rings is 2. The van der Waals surface area contributed by atoms with Gasteiger partial charge in [0, 0.05) is 31.8 Å². The molecular weight excluding hydrogens is 537 g/mol. The average Bonchev–Trinajstić information content (AvgIpc) is 2.75. The topological polar surface area (TPSA) is 135 Å². The fourth-order valence-electron chi connectivity index (χ4n) is 2.50. The molecule has 2 aromatic carbocycles. The highest BCUT2D eigenvalue weighted by Crippen LogP contribution is 2.17. The third-order valence-corrected chi connectivity index (χ3v) is 5.41. The number of rotatable bonds is 10. The Labute approximate surface area is 198 Å². The summed E-state index contributed by atoms with van der Waals surface area (Å²) in [6, 6.07) is 12.5. The second-order valence-corrected chi connectivity index (χ2v) is 7.89. The van der Waals surface area contributed by atoms with Crippen molar-refractivity contribution in [3.63, 3.8) is 0 Å². The molecule has 10 nitrogen and oxygen atoms in total. The van der Waals surface area contributed by atoms with Crippen molar-refractivity contribution in [3.05, 3.63) is 64.2 Å². The highest BCUT2D eigenvalue weighted by atomic mass is 127. The summed E-state index contributed by atoms with van der Waals surface area (Å²) in [4.78, 5) is 14.5. The minimum absolute atomic E-state index is 0. The summed E-state index contributed by atoms with van der Waals surface area (Å²) in [6.07, 6.45) is 0. The Kier molecular flexibility index (Phi) is 11.2. The molecule has 0 saturated heterocycles. The van der Waals surface area contributed by atoms with E-state index < -0.39 is 14.9 Å². The number of nitro groups is 1. The first-order valence-electron chi connectivity index (χ1n) is 9.25. The lowest BCUT2D eigenvalue weighted by Gasteiger charge is -2.12. The predicted octanol–water partition coefficient (Wildman–Crippen LogP) is 2.26. The van der Waals surface area contributed by atoms with Crippen LogP contribution in [0, 0.1) is 10.1 Å². The summed E-state index contributed by atoms with van der Waals surface area (Å²) in [5.41, 5.74) is 0.688. The number of halogens is 1. The highest BCUT2D eigenvalue weighted by molar-refractivity contribution is 14.0. The minimum atomic E-state index is -3.86. The van der Waals surface area contributed by atoms with Gasteiger partial charge in [0.15, 0.2) is 5.96 Å². The van der Waals surface area contributed by atoms with Gasteiger partial charge in [0.1, 0.15) is 5.75 Å². The molecule has 170 valence electrons. The monoisotopic (exact) mass is 563 g/mol. The minimum Gasteiger partial charge on any atom is -0.497 e. The van der Waals surface area contributed by atoms with Gasteiger partial charge in [-0.25, -0.2) is 18.1 Å². The first-order chi connectivity index (χ1) is 14.4. The third kappa shape index (κ3) is 8.67. The van der Waals surface area contributed by atoms with Crippen molar-refractivity contribution in [1.29, 1.82) is 0 Å². The van der Waals surface area contributed by atoms with Crippen molar-refractivity contribution in [3.8, 4) is 5.75 Å². The van der Waals surface area contributed by atoms with Crippen molar-refractivity contribution in [1.82, 2.24) is 15.4 Å². The van der Waals surface area contributed by atoms with Crippen LogP contribution >= 0.6 is 24.0 Å². The molecule has 0 fully saturated rings. The van der Waals surface area contributed by atoms with E-state index in [0.29, 0.717) is 19.0 Å². The molecule has 0 aliphatic heterocycles. The Bertz CT molecular complexity index is 1000. The molecule has 0 unspecified atom stereocenters. The number of sulfonamides is 1.